The van der Waals surface area contributed by atoms with Crippen LogP contribution >= 0.6 is 0 Å². The third-order valence-electron chi connectivity index (χ3n) is 4.80. The fraction of sp³-hybridized carbons (Fsp3) is 0.238. The molecule has 3 aromatic rings. The Kier molecular flexibility index (Phi) is 4.62. The molecule has 0 atom stereocenters. The van der Waals surface area contributed by atoms with Crippen LogP contribution in [0.25, 0.3) is 11.0 Å². The van der Waals surface area contributed by atoms with Gasteiger partial charge >= 0.3 is 5.91 Å². The van der Waals surface area contributed by atoms with E-state index in [0.717, 1.165) is 36.9 Å². The number of hydrogen-bond donors (Lipinski definition) is 1. The number of carbonyl (C=O) groups excluding carboxylic acids is 1. The van der Waals surface area contributed by atoms with Crippen LogP contribution in [0, 0.1) is 12.7 Å². The summed E-state index contributed by atoms with van der Waals surface area (Å²) >= 11 is 0. The predicted molar refractivity (Wildman–Crippen MR) is 104 cm³/mol. The number of amides is 1. The molecule has 1 aliphatic heterocycles. The topological polar surface area (TPSA) is 57.8 Å². The summed E-state index contributed by atoms with van der Waals surface area (Å²) in [4.78, 5) is 14.2. The summed E-state index contributed by atoms with van der Waals surface area (Å²) < 4.78 is 19.9. The Morgan fingerprint density at radius 1 is 1.22 bits per heavy atom. The van der Waals surface area contributed by atoms with Crippen molar-refractivity contribution >= 4 is 28.8 Å². The van der Waals surface area contributed by atoms with Gasteiger partial charge in [0.1, 0.15) is 11.4 Å². The van der Waals surface area contributed by atoms with Crippen molar-refractivity contribution in [3.05, 3.63) is 65.2 Å². The van der Waals surface area contributed by atoms with Crippen LogP contribution in [-0.2, 0) is 0 Å². The lowest BCUT2D eigenvalue weighted by molar-refractivity contribution is 0.0929. The van der Waals surface area contributed by atoms with Crippen molar-refractivity contribution in [3.8, 4) is 0 Å². The number of carbonyl (C=O) groups is 1. The average molecular weight is 365 g/mol. The monoisotopic (exact) mass is 365 g/mol. The van der Waals surface area contributed by atoms with Crippen molar-refractivity contribution < 1.29 is 13.6 Å². The van der Waals surface area contributed by atoms with E-state index in [2.05, 4.69) is 15.4 Å². The first-order valence-corrected chi connectivity index (χ1v) is 8.99. The van der Waals surface area contributed by atoms with Crippen molar-refractivity contribution in [1.29, 1.82) is 0 Å². The van der Waals surface area contributed by atoms with Gasteiger partial charge < -0.3 is 9.32 Å². The van der Waals surface area contributed by atoms with Gasteiger partial charge in [-0.2, -0.15) is 5.10 Å². The van der Waals surface area contributed by atoms with Crippen LogP contribution in [0.3, 0.4) is 0 Å². The lowest BCUT2D eigenvalue weighted by atomic mass is 10.1. The molecule has 0 saturated carbocycles. The highest BCUT2D eigenvalue weighted by atomic mass is 19.1. The Bertz CT molecular complexity index is 986. The molecule has 1 N–H and O–H groups in total. The van der Waals surface area contributed by atoms with Crippen LogP contribution in [0.4, 0.5) is 10.1 Å². The molecule has 1 fully saturated rings. The minimum atomic E-state index is -0.450. The number of nitrogens with one attached hydrogen (secondary N) is 1. The van der Waals surface area contributed by atoms with E-state index in [0.29, 0.717) is 16.8 Å². The molecule has 0 radical (unpaired) electrons. The molecule has 2 heterocycles. The maximum atomic E-state index is 14.4. The number of fused-ring (bicyclic) bond motifs is 1. The van der Waals surface area contributed by atoms with E-state index < -0.39 is 5.91 Å². The Labute approximate surface area is 156 Å². The second-order valence-electron chi connectivity index (χ2n) is 6.70. The molecule has 0 aliphatic carbocycles. The molecular weight excluding hydrogens is 345 g/mol. The van der Waals surface area contributed by atoms with E-state index in [9.17, 15) is 9.18 Å². The minimum Gasteiger partial charge on any atom is -0.451 e. The van der Waals surface area contributed by atoms with Crippen LogP contribution in [0.15, 0.2) is 52.0 Å². The summed E-state index contributed by atoms with van der Waals surface area (Å²) in [6, 6.07) is 12.3. The number of nitrogens with zero attached hydrogens (tertiary/aromatic N) is 2. The Morgan fingerprint density at radius 3 is 2.78 bits per heavy atom. The van der Waals surface area contributed by atoms with Crippen molar-refractivity contribution in [1.82, 2.24) is 5.43 Å². The largest absolute Gasteiger partial charge is 0.451 e. The van der Waals surface area contributed by atoms with Crippen LogP contribution in [0.5, 0.6) is 0 Å². The Morgan fingerprint density at radius 2 is 2.00 bits per heavy atom. The van der Waals surface area contributed by atoms with Gasteiger partial charge in [0.05, 0.1) is 11.9 Å². The fourth-order valence-electron chi connectivity index (χ4n) is 3.33. The number of halogens is 1. The number of para-hydroxylation sites is 1. The molecule has 6 heteroatoms. The summed E-state index contributed by atoms with van der Waals surface area (Å²) in [5.41, 5.74) is 5.23. The molecule has 138 valence electrons. The van der Waals surface area contributed by atoms with E-state index in [4.69, 9.17) is 4.42 Å². The predicted octanol–water partition coefficient (Wildman–Crippen LogP) is 4.24. The smallest absolute Gasteiger partial charge is 0.307 e. The lowest BCUT2D eigenvalue weighted by Gasteiger charge is -2.19. The zero-order chi connectivity index (χ0) is 18.8. The number of aryl methyl sites for hydroxylation is 1. The first kappa shape index (κ1) is 17.3. The molecule has 1 aliphatic rings. The molecule has 0 bridgehead atoms. The van der Waals surface area contributed by atoms with Crippen molar-refractivity contribution in [2.75, 3.05) is 18.0 Å². The Balaban J connectivity index is 1.47. The zero-order valence-corrected chi connectivity index (χ0v) is 15.0. The zero-order valence-electron chi connectivity index (χ0n) is 15.0. The third-order valence-corrected chi connectivity index (χ3v) is 4.80. The van der Waals surface area contributed by atoms with Gasteiger partial charge in [-0.3, -0.25) is 4.79 Å². The van der Waals surface area contributed by atoms with Gasteiger partial charge in [-0.15, -0.1) is 0 Å². The molecule has 4 rings (SSSR count). The van der Waals surface area contributed by atoms with E-state index >= 15 is 0 Å². The van der Waals surface area contributed by atoms with Crippen LogP contribution in [0.2, 0.25) is 0 Å². The molecule has 1 aromatic heterocycles. The minimum absolute atomic E-state index is 0.181. The highest BCUT2D eigenvalue weighted by Gasteiger charge is 2.17. The van der Waals surface area contributed by atoms with E-state index in [1.807, 2.05) is 31.2 Å². The molecule has 27 heavy (non-hydrogen) atoms. The van der Waals surface area contributed by atoms with Crippen molar-refractivity contribution in [2.45, 2.75) is 19.8 Å². The number of hydrazone groups is 1. The van der Waals surface area contributed by atoms with E-state index in [-0.39, 0.29) is 11.6 Å². The van der Waals surface area contributed by atoms with Gasteiger partial charge in [0.15, 0.2) is 5.76 Å². The van der Waals surface area contributed by atoms with Crippen LogP contribution in [-0.4, -0.2) is 25.2 Å². The molecule has 1 amide bonds. The van der Waals surface area contributed by atoms with Gasteiger partial charge in [0.2, 0.25) is 0 Å². The van der Waals surface area contributed by atoms with Crippen molar-refractivity contribution in [2.24, 2.45) is 5.10 Å². The molecule has 0 unspecified atom stereocenters. The van der Waals surface area contributed by atoms with Crippen LogP contribution in [0.1, 0.15) is 34.5 Å². The average Bonchev–Trinajstić information content (AvgIpc) is 3.33. The van der Waals surface area contributed by atoms with Crippen molar-refractivity contribution in [3.63, 3.8) is 0 Å². The second-order valence-corrected chi connectivity index (χ2v) is 6.70. The first-order valence-electron chi connectivity index (χ1n) is 8.99. The third kappa shape index (κ3) is 3.56. The highest BCUT2D eigenvalue weighted by molar-refractivity contribution is 5.96. The first-order chi connectivity index (χ1) is 13.1. The summed E-state index contributed by atoms with van der Waals surface area (Å²) in [5, 5.41) is 4.80. The maximum absolute atomic E-state index is 14.4. The number of anilines is 1. The van der Waals surface area contributed by atoms with Gasteiger partial charge in [-0.05, 0) is 49.6 Å². The maximum Gasteiger partial charge on any atom is 0.307 e. The van der Waals surface area contributed by atoms with E-state index in [1.54, 1.807) is 12.1 Å². The fourth-order valence-corrected chi connectivity index (χ4v) is 3.33. The SMILES string of the molecule is Cc1cc(N2CCCC2)c(F)cc1/C=N/NC(=O)c1cc2ccccc2o1. The molecule has 5 nitrogen and oxygen atoms in total. The summed E-state index contributed by atoms with van der Waals surface area (Å²) in [6.07, 6.45) is 3.64. The van der Waals surface area contributed by atoms with Gasteiger partial charge in [0.25, 0.3) is 0 Å². The number of furan rings is 1. The normalized spacial score (nSPS) is 14.4. The number of rotatable bonds is 4. The highest BCUT2D eigenvalue weighted by Crippen LogP contribution is 2.26. The quantitative estimate of drug-likeness (QED) is 0.556. The molecule has 1 saturated heterocycles. The lowest BCUT2D eigenvalue weighted by Crippen LogP contribution is -2.19. The number of hydrogen-bond acceptors (Lipinski definition) is 4. The molecule has 0 spiro atoms. The van der Waals surface area contributed by atoms with Gasteiger partial charge in [-0.1, -0.05) is 18.2 Å². The standard InChI is InChI=1S/C21H20FN3O2/c1-14-10-18(25-8-4-5-9-25)17(22)11-16(14)13-23-24-21(26)20-12-15-6-2-3-7-19(15)27-20/h2-3,6-7,10-13H,4-5,8-9H2,1H3,(H,24,26)/b23-13+. The number of benzene rings is 2. The van der Waals surface area contributed by atoms with E-state index in [1.165, 1.54) is 12.3 Å². The summed E-state index contributed by atoms with van der Waals surface area (Å²) in [5.74, 6) is -0.539. The summed E-state index contributed by atoms with van der Waals surface area (Å²) in [7, 11) is 0. The van der Waals surface area contributed by atoms with Crippen LogP contribution < -0.4 is 10.3 Å². The Hall–Kier alpha value is -3.15. The molecule has 2 aromatic carbocycles. The summed E-state index contributed by atoms with van der Waals surface area (Å²) in [6.45, 7) is 3.68. The second kappa shape index (κ2) is 7.23. The molecular formula is C21H20FN3O2. The van der Waals surface area contributed by atoms with Gasteiger partial charge in [-0.25, -0.2) is 9.82 Å². The van der Waals surface area contributed by atoms with Gasteiger partial charge in [0, 0.05) is 24.0 Å².